The molecule has 3 heteroatoms. The Hall–Kier alpha value is -0.570. The molecule has 0 aromatic rings. The first kappa shape index (κ1) is 14.4. The Morgan fingerprint density at radius 2 is 1.90 bits per heavy atom. The maximum Gasteiger partial charge on any atom is 0.228 e. The minimum atomic E-state index is -0.0105. The Balaban J connectivity index is 1.79. The smallest absolute Gasteiger partial charge is 0.228 e. The highest BCUT2D eigenvalue weighted by Gasteiger charge is 2.59. The van der Waals surface area contributed by atoms with Gasteiger partial charge in [-0.1, -0.05) is 6.92 Å². The topological polar surface area (TPSA) is 46.3 Å². The van der Waals surface area contributed by atoms with Gasteiger partial charge in [-0.15, -0.1) is 0 Å². The van der Waals surface area contributed by atoms with Gasteiger partial charge in [-0.05, 0) is 75.7 Å². The molecule has 4 saturated carbocycles. The van der Waals surface area contributed by atoms with Crippen molar-refractivity contribution in [3.63, 3.8) is 0 Å². The summed E-state index contributed by atoms with van der Waals surface area (Å²) in [6.07, 6.45) is 8.53. The van der Waals surface area contributed by atoms with E-state index in [-0.39, 0.29) is 5.41 Å². The molecule has 3 nitrogen and oxygen atoms in total. The Morgan fingerprint density at radius 1 is 1.25 bits per heavy atom. The van der Waals surface area contributed by atoms with Crippen LogP contribution in [0.15, 0.2) is 0 Å². The van der Waals surface area contributed by atoms with Crippen LogP contribution >= 0.6 is 0 Å². The van der Waals surface area contributed by atoms with E-state index in [1.54, 1.807) is 0 Å². The first-order chi connectivity index (χ1) is 9.50. The minimum Gasteiger partial charge on any atom is -0.342 e. The molecule has 0 radical (unpaired) electrons. The fourth-order valence-electron chi connectivity index (χ4n) is 5.99. The lowest BCUT2D eigenvalue weighted by Gasteiger charge is -2.61. The SMILES string of the molecule is CCN(CCCN)C(=O)C12CC3CC(CC(C)(C3)C1)C2. The first-order valence-corrected chi connectivity index (χ1v) is 8.50. The van der Waals surface area contributed by atoms with E-state index in [2.05, 4.69) is 18.7 Å². The lowest BCUT2D eigenvalue weighted by atomic mass is 9.44. The van der Waals surface area contributed by atoms with Crippen LogP contribution in [-0.4, -0.2) is 30.4 Å². The molecule has 2 N–H and O–H groups in total. The lowest BCUT2D eigenvalue weighted by molar-refractivity contribution is -0.166. The second-order valence-electron chi connectivity index (χ2n) is 8.08. The van der Waals surface area contributed by atoms with E-state index in [0.717, 1.165) is 50.6 Å². The summed E-state index contributed by atoms with van der Waals surface area (Å²) in [6, 6.07) is 0. The number of amides is 1. The van der Waals surface area contributed by atoms with Gasteiger partial charge in [-0.2, -0.15) is 0 Å². The average Bonchev–Trinajstić information content (AvgIpc) is 2.36. The lowest BCUT2D eigenvalue weighted by Crippen LogP contribution is -2.57. The Morgan fingerprint density at radius 3 is 2.40 bits per heavy atom. The van der Waals surface area contributed by atoms with Gasteiger partial charge in [-0.3, -0.25) is 4.79 Å². The molecule has 4 rings (SSSR count). The Kier molecular flexibility index (Phi) is 3.60. The van der Waals surface area contributed by atoms with Crippen molar-refractivity contribution < 1.29 is 4.79 Å². The number of rotatable bonds is 5. The summed E-state index contributed by atoms with van der Waals surface area (Å²) in [7, 11) is 0. The molecular weight excluding hydrogens is 248 g/mol. The average molecular weight is 278 g/mol. The zero-order chi connectivity index (χ0) is 14.4. The normalized spacial score (nSPS) is 42.0. The van der Waals surface area contributed by atoms with Gasteiger partial charge in [0.25, 0.3) is 0 Å². The highest BCUT2D eigenvalue weighted by atomic mass is 16.2. The highest BCUT2D eigenvalue weighted by Crippen LogP contribution is 2.65. The van der Waals surface area contributed by atoms with Crippen molar-refractivity contribution in [2.24, 2.45) is 28.4 Å². The summed E-state index contributed by atoms with van der Waals surface area (Å²) >= 11 is 0. The van der Waals surface area contributed by atoms with Gasteiger partial charge >= 0.3 is 0 Å². The zero-order valence-corrected chi connectivity index (χ0v) is 13.2. The largest absolute Gasteiger partial charge is 0.342 e. The third-order valence-electron chi connectivity index (χ3n) is 6.11. The van der Waals surface area contributed by atoms with E-state index >= 15 is 0 Å². The van der Waals surface area contributed by atoms with Crippen molar-refractivity contribution in [3.05, 3.63) is 0 Å². The molecule has 0 saturated heterocycles. The molecule has 0 aromatic heterocycles. The zero-order valence-electron chi connectivity index (χ0n) is 13.2. The summed E-state index contributed by atoms with van der Waals surface area (Å²) in [5, 5.41) is 0. The maximum atomic E-state index is 13.2. The fourth-order valence-corrected chi connectivity index (χ4v) is 5.99. The van der Waals surface area contributed by atoms with Gasteiger partial charge in [0, 0.05) is 13.1 Å². The van der Waals surface area contributed by atoms with E-state index in [0.29, 0.717) is 17.9 Å². The molecule has 0 heterocycles. The first-order valence-electron chi connectivity index (χ1n) is 8.50. The number of hydrogen-bond donors (Lipinski definition) is 1. The fraction of sp³-hybridized carbons (Fsp3) is 0.941. The summed E-state index contributed by atoms with van der Waals surface area (Å²) in [5.41, 5.74) is 6.06. The predicted octanol–water partition coefficient (Wildman–Crippen LogP) is 2.79. The molecule has 0 aromatic carbocycles. The second-order valence-corrected chi connectivity index (χ2v) is 8.08. The van der Waals surface area contributed by atoms with E-state index < -0.39 is 0 Å². The van der Waals surface area contributed by atoms with Crippen molar-refractivity contribution in [2.75, 3.05) is 19.6 Å². The number of nitrogens with zero attached hydrogens (tertiary/aromatic N) is 1. The molecule has 4 bridgehead atoms. The molecule has 0 spiro atoms. The van der Waals surface area contributed by atoms with Gasteiger partial charge in [0.15, 0.2) is 0 Å². The quantitative estimate of drug-likeness (QED) is 0.840. The van der Waals surface area contributed by atoms with E-state index in [1.807, 2.05) is 0 Å². The molecule has 4 aliphatic rings. The Bertz CT molecular complexity index is 378. The molecule has 20 heavy (non-hydrogen) atoms. The van der Waals surface area contributed by atoms with Crippen LogP contribution in [0.5, 0.6) is 0 Å². The van der Waals surface area contributed by atoms with Crippen LogP contribution in [-0.2, 0) is 4.79 Å². The van der Waals surface area contributed by atoms with Gasteiger partial charge in [0.2, 0.25) is 5.91 Å². The molecule has 2 atom stereocenters. The molecule has 114 valence electrons. The van der Waals surface area contributed by atoms with Crippen molar-refractivity contribution in [1.29, 1.82) is 0 Å². The van der Waals surface area contributed by atoms with E-state index in [9.17, 15) is 4.79 Å². The van der Waals surface area contributed by atoms with Crippen LogP contribution in [0.3, 0.4) is 0 Å². The Labute approximate surface area is 123 Å². The van der Waals surface area contributed by atoms with E-state index in [4.69, 9.17) is 5.73 Å². The van der Waals surface area contributed by atoms with Crippen LogP contribution in [0, 0.1) is 22.7 Å². The van der Waals surface area contributed by atoms with E-state index in [1.165, 1.54) is 19.3 Å². The molecule has 4 aliphatic carbocycles. The molecule has 2 unspecified atom stereocenters. The summed E-state index contributed by atoms with van der Waals surface area (Å²) in [4.78, 5) is 15.2. The van der Waals surface area contributed by atoms with Crippen molar-refractivity contribution >= 4 is 5.91 Å². The van der Waals surface area contributed by atoms with Crippen LogP contribution < -0.4 is 5.73 Å². The van der Waals surface area contributed by atoms with Crippen molar-refractivity contribution in [2.45, 2.75) is 58.8 Å². The van der Waals surface area contributed by atoms with Gasteiger partial charge in [0.05, 0.1) is 5.41 Å². The molecule has 0 aliphatic heterocycles. The third-order valence-corrected chi connectivity index (χ3v) is 6.11. The summed E-state index contributed by atoms with van der Waals surface area (Å²) in [6.45, 7) is 6.91. The van der Waals surface area contributed by atoms with Crippen LogP contribution in [0.25, 0.3) is 0 Å². The van der Waals surface area contributed by atoms with Crippen molar-refractivity contribution in [1.82, 2.24) is 4.90 Å². The summed E-state index contributed by atoms with van der Waals surface area (Å²) in [5.74, 6) is 2.09. The highest BCUT2D eigenvalue weighted by molar-refractivity contribution is 5.83. The maximum absolute atomic E-state index is 13.2. The molecular formula is C17H30N2O. The van der Waals surface area contributed by atoms with Crippen LogP contribution in [0.1, 0.15) is 58.8 Å². The molecule has 4 fully saturated rings. The monoisotopic (exact) mass is 278 g/mol. The number of hydrogen-bond acceptors (Lipinski definition) is 2. The number of nitrogens with two attached hydrogens (primary N) is 1. The van der Waals surface area contributed by atoms with Gasteiger partial charge in [-0.25, -0.2) is 0 Å². The number of carbonyl (C=O) groups excluding carboxylic acids is 1. The third kappa shape index (κ3) is 2.28. The predicted molar refractivity (Wildman–Crippen MR) is 81.1 cm³/mol. The minimum absolute atomic E-state index is 0.0105. The van der Waals surface area contributed by atoms with Crippen LogP contribution in [0.4, 0.5) is 0 Å². The number of carbonyl (C=O) groups is 1. The standard InChI is InChI=1S/C17H30N2O/c1-3-19(6-4-5-18)15(20)17-10-13-7-14(11-17)9-16(2,8-13)12-17/h13-14H,3-12,18H2,1-2H3. The van der Waals surface area contributed by atoms with Gasteiger partial charge in [0.1, 0.15) is 0 Å². The molecule has 1 amide bonds. The van der Waals surface area contributed by atoms with Crippen molar-refractivity contribution in [3.8, 4) is 0 Å². The van der Waals surface area contributed by atoms with Gasteiger partial charge < -0.3 is 10.6 Å². The summed E-state index contributed by atoms with van der Waals surface area (Å²) < 4.78 is 0. The second kappa shape index (κ2) is 5.01. The van der Waals surface area contributed by atoms with Crippen LogP contribution in [0.2, 0.25) is 0 Å².